The van der Waals surface area contributed by atoms with Crippen LogP contribution in [0.2, 0.25) is 0 Å². The minimum atomic E-state index is -0.349. The molecule has 1 aromatic carbocycles. The number of nitrogen functional groups attached to an aromatic ring is 1. The minimum absolute atomic E-state index is 0.247. The number of fused-ring (bicyclic) bond motifs is 1. The monoisotopic (exact) mass is 325 g/mol. The number of aromatic nitrogens is 2. The highest BCUT2D eigenvalue weighted by molar-refractivity contribution is 5.36. The van der Waals surface area contributed by atoms with E-state index in [-0.39, 0.29) is 11.5 Å². The molecule has 2 aromatic rings. The molecule has 3 atom stereocenters. The van der Waals surface area contributed by atoms with Crippen LogP contribution in [0.5, 0.6) is 0 Å². The quantitative estimate of drug-likeness (QED) is 0.847. The molecule has 3 N–H and O–H groups in total. The molecule has 0 spiro atoms. The van der Waals surface area contributed by atoms with E-state index in [1.54, 1.807) is 12.3 Å². The van der Waals surface area contributed by atoms with E-state index in [2.05, 4.69) is 27.3 Å². The average molecular weight is 325 g/mol. The highest BCUT2D eigenvalue weighted by atomic mass is 16.1. The van der Waals surface area contributed by atoms with Gasteiger partial charge >= 0.3 is 5.69 Å². The van der Waals surface area contributed by atoms with Crippen LogP contribution in [0.25, 0.3) is 5.69 Å². The smallest absolute Gasteiger partial charge is 0.354 e. The number of nitrogens with two attached hydrogens (primary N) is 1. The van der Waals surface area contributed by atoms with E-state index in [4.69, 9.17) is 5.73 Å². The molecule has 1 saturated carbocycles. The van der Waals surface area contributed by atoms with Crippen molar-refractivity contribution in [3.8, 4) is 5.69 Å². The van der Waals surface area contributed by atoms with E-state index in [1.165, 1.54) is 23.2 Å². The van der Waals surface area contributed by atoms with Crippen molar-refractivity contribution in [2.24, 2.45) is 17.8 Å². The molecule has 0 bridgehead atoms. The Morgan fingerprint density at radius 3 is 2.54 bits per heavy atom. The Morgan fingerprint density at radius 2 is 1.92 bits per heavy atom. The van der Waals surface area contributed by atoms with Crippen LogP contribution in [0.4, 0.5) is 5.82 Å². The molecule has 126 valence electrons. The predicted octanol–water partition coefficient (Wildman–Crippen LogP) is 0.712. The van der Waals surface area contributed by atoms with Crippen molar-refractivity contribution >= 4 is 5.82 Å². The Labute approximate surface area is 141 Å². The Morgan fingerprint density at radius 1 is 1.21 bits per heavy atom. The first-order valence-electron chi connectivity index (χ1n) is 8.47. The summed E-state index contributed by atoms with van der Waals surface area (Å²) in [5.41, 5.74) is 7.28. The van der Waals surface area contributed by atoms with Gasteiger partial charge in [0.25, 0.3) is 0 Å². The van der Waals surface area contributed by atoms with Crippen molar-refractivity contribution in [3.63, 3.8) is 0 Å². The molecular formula is C18H23N5O. The summed E-state index contributed by atoms with van der Waals surface area (Å²) in [5, 5.41) is 3.29. The van der Waals surface area contributed by atoms with E-state index in [0.29, 0.717) is 0 Å². The van der Waals surface area contributed by atoms with Gasteiger partial charge in [-0.05, 0) is 55.1 Å². The molecule has 4 rings (SSSR count). The molecule has 24 heavy (non-hydrogen) atoms. The zero-order valence-corrected chi connectivity index (χ0v) is 13.9. The van der Waals surface area contributed by atoms with Gasteiger partial charge in [-0.15, -0.1) is 0 Å². The van der Waals surface area contributed by atoms with Crippen LogP contribution in [-0.2, 0) is 6.54 Å². The van der Waals surface area contributed by atoms with Crippen LogP contribution in [0.1, 0.15) is 5.56 Å². The first kappa shape index (κ1) is 15.4. The number of nitrogens with zero attached hydrogens (tertiary/aromatic N) is 3. The second kappa shape index (κ2) is 6.03. The predicted molar refractivity (Wildman–Crippen MR) is 93.9 cm³/mol. The summed E-state index contributed by atoms with van der Waals surface area (Å²) in [6, 6.07) is 9.75. The summed E-state index contributed by atoms with van der Waals surface area (Å²) in [7, 11) is 2.04. The SMILES string of the molecule is CNCC1[C@H]2CN(Cc3ccc(-n4ccc(N)nc4=O)cc3)C[C@@H]12. The van der Waals surface area contributed by atoms with Crippen LogP contribution >= 0.6 is 0 Å². The van der Waals surface area contributed by atoms with Gasteiger partial charge in [-0.1, -0.05) is 12.1 Å². The van der Waals surface area contributed by atoms with Crippen molar-refractivity contribution in [3.05, 3.63) is 52.6 Å². The standard InChI is InChI=1S/C18H23N5O/c1-20-8-14-15-10-22(11-16(14)15)9-12-2-4-13(5-3-12)23-7-6-17(19)21-18(23)24/h2-7,14-16,20H,8-11H2,1H3,(H2,19,21,24)/t14?,15-,16+. The van der Waals surface area contributed by atoms with Crippen LogP contribution in [0.3, 0.4) is 0 Å². The molecule has 2 heterocycles. The zero-order valence-electron chi connectivity index (χ0n) is 13.9. The van der Waals surface area contributed by atoms with E-state index < -0.39 is 0 Å². The summed E-state index contributed by atoms with van der Waals surface area (Å²) in [6.45, 7) is 4.55. The van der Waals surface area contributed by atoms with Crippen LogP contribution < -0.4 is 16.7 Å². The highest BCUT2D eigenvalue weighted by Gasteiger charge is 2.54. The molecule has 0 radical (unpaired) electrons. The molecule has 1 aliphatic carbocycles. The fraction of sp³-hybridized carbons (Fsp3) is 0.444. The largest absolute Gasteiger partial charge is 0.383 e. The average Bonchev–Trinajstić information content (AvgIpc) is 3.02. The lowest BCUT2D eigenvalue weighted by Crippen LogP contribution is -2.26. The van der Waals surface area contributed by atoms with E-state index in [0.717, 1.165) is 36.5 Å². The van der Waals surface area contributed by atoms with E-state index in [9.17, 15) is 4.79 Å². The molecule has 6 nitrogen and oxygen atoms in total. The van der Waals surface area contributed by atoms with Crippen LogP contribution in [0.15, 0.2) is 41.3 Å². The summed E-state index contributed by atoms with van der Waals surface area (Å²) >= 11 is 0. The van der Waals surface area contributed by atoms with Gasteiger partial charge in [-0.2, -0.15) is 4.98 Å². The van der Waals surface area contributed by atoms with Gasteiger partial charge in [0.15, 0.2) is 0 Å². The third-order valence-electron chi connectivity index (χ3n) is 5.33. The molecule has 0 amide bonds. The van der Waals surface area contributed by atoms with Gasteiger partial charge in [-0.3, -0.25) is 9.47 Å². The van der Waals surface area contributed by atoms with Gasteiger partial charge in [0.05, 0.1) is 5.69 Å². The van der Waals surface area contributed by atoms with Gasteiger partial charge in [0.2, 0.25) is 0 Å². The zero-order chi connectivity index (χ0) is 16.7. The van der Waals surface area contributed by atoms with Crippen molar-refractivity contribution in [1.82, 2.24) is 19.8 Å². The maximum atomic E-state index is 11.9. The van der Waals surface area contributed by atoms with Crippen molar-refractivity contribution in [2.45, 2.75) is 6.54 Å². The Balaban J connectivity index is 1.39. The second-order valence-electron chi connectivity index (χ2n) is 6.91. The van der Waals surface area contributed by atoms with Crippen molar-refractivity contribution in [1.29, 1.82) is 0 Å². The van der Waals surface area contributed by atoms with Crippen molar-refractivity contribution in [2.75, 3.05) is 32.4 Å². The molecule has 1 unspecified atom stereocenters. The van der Waals surface area contributed by atoms with Gasteiger partial charge in [0, 0.05) is 25.8 Å². The number of likely N-dealkylation sites (tertiary alicyclic amines) is 1. The van der Waals surface area contributed by atoms with Gasteiger partial charge in [-0.25, -0.2) is 4.79 Å². The lowest BCUT2D eigenvalue weighted by atomic mass is 10.1. The molecule has 2 aliphatic rings. The van der Waals surface area contributed by atoms with Crippen LogP contribution in [-0.4, -0.2) is 41.1 Å². The number of piperidine rings is 1. The number of hydrogen-bond acceptors (Lipinski definition) is 5. The molecule has 1 saturated heterocycles. The fourth-order valence-corrected chi connectivity index (χ4v) is 4.04. The van der Waals surface area contributed by atoms with Gasteiger partial charge in [0.1, 0.15) is 5.82 Å². The van der Waals surface area contributed by atoms with E-state index >= 15 is 0 Å². The second-order valence-corrected chi connectivity index (χ2v) is 6.91. The number of nitrogens with one attached hydrogen (secondary N) is 1. The Bertz CT molecular complexity index is 773. The summed E-state index contributed by atoms with van der Waals surface area (Å²) in [6.07, 6.45) is 1.66. The van der Waals surface area contributed by atoms with E-state index in [1.807, 2.05) is 19.2 Å². The minimum Gasteiger partial charge on any atom is -0.383 e. The third-order valence-corrected chi connectivity index (χ3v) is 5.33. The summed E-state index contributed by atoms with van der Waals surface area (Å²) in [5.74, 6) is 2.91. The maximum absolute atomic E-state index is 11.9. The molecule has 1 aromatic heterocycles. The highest BCUT2D eigenvalue weighted by Crippen LogP contribution is 2.51. The first-order valence-corrected chi connectivity index (χ1v) is 8.47. The normalized spacial score (nSPS) is 25.6. The number of benzene rings is 1. The Kier molecular flexibility index (Phi) is 3.86. The van der Waals surface area contributed by atoms with Gasteiger partial charge < -0.3 is 11.1 Å². The third kappa shape index (κ3) is 2.83. The topological polar surface area (TPSA) is 76.2 Å². The summed E-state index contributed by atoms with van der Waals surface area (Å²) < 4.78 is 1.51. The maximum Gasteiger partial charge on any atom is 0.354 e. The molecule has 1 aliphatic heterocycles. The first-order chi connectivity index (χ1) is 11.7. The fourth-order valence-electron chi connectivity index (χ4n) is 4.04. The molecular weight excluding hydrogens is 302 g/mol. The lowest BCUT2D eigenvalue weighted by molar-refractivity contribution is 0.276. The summed E-state index contributed by atoms with van der Waals surface area (Å²) in [4.78, 5) is 18.2. The van der Waals surface area contributed by atoms with Crippen LogP contribution in [0, 0.1) is 17.8 Å². The number of rotatable bonds is 5. The number of anilines is 1. The molecule has 2 fully saturated rings. The number of hydrogen-bond donors (Lipinski definition) is 2. The van der Waals surface area contributed by atoms with Crippen molar-refractivity contribution < 1.29 is 0 Å². The molecule has 6 heteroatoms. The Hall–Kier alpha value is -2.18. The lowest BCUT2D eigenvalue weighted by Gasteiger charge is -2.19.